The quantitative estimate of drug-likeness (QED) is 0.930. The lowest BCUT2D eigenvalue weighted by atomic mass is 10.1. The van der Waals surface area contributed by atoms with Crippen LogP contribution in [-0.4, -0.2) is 7.05 Å². The van der Waals surface area contributed by atoms with Crippen molar-refractivity contribution in [2.24, 2.45) is 5.73 Å². The Bertz CT molecular complexity index is 555. The first kappa shape index (κ1) is 14.0. The van der Waals surface area contributed by atoms with Crippen LogP contribution in [0.4, 0.5) is 10.1 Å². The molecule has 0 aromatic heterocycles. The Morgan fingerprint density at radius 1 is 1.16 bits per heavy atom. The fourth-order valence-electron chi connectivity index (χ4n) is 2.04. The monoisotopic (exact) mass is 322 g/mol. The van der Waals surface area contributed by atoms with Crippen LogP contribution in [0, 0.1) is 5.82 Å². The van der Waals surface area contributed by atoms with Gasteiger partial charge in [0.1, 0.15) is 5.82 Å². The Labute approximate surface area is 121 Å². The first-order chi connectivity index (χ1) is 9.10. The normalized spacial score (nSPS) is 10.5. The van der Waals surface area contributed by atoms with Crippen molar-refractivity contribution in [3.63, 3.8) is 0 Å². The van der Waals surface area contributed by atoms with E-state index in [4.69, 9.17) is 5.73 Å². The van der Waals surface area contributed by atoms with Gasteiger partial charge < -0.3 is 10.6 Å². The van der Waals surface area contributed by atoms with Crippen molar-refractivity contribution in [1.82, 2.24) is 0 Å². The summed E-state index contributed by atoms with van der Waals surface area (Å²) in [6, 6.07) is 12.6. The van der Waals surface area contributed by atoms with Gasteiger partial charge in [-0.2, -0.15) is 0 Å². The maximum Gasteiger partial charge on any atom is 0.123 e. The van der Waals surface area contributed by atoms with Crippen LogP contribution in [0.3, 0.4) is 0 Å². The van der Waals surface area contributed by atoms with Crippen LogP contribution < -0.4 is 10.6 Å². The van der Waals surface area contributed by atoms with Crippen molar-refractivity contribution in [3.05, 3.63) is 63.9 Å². The van der Waals surface area contributed by atoms with Crippen molar-refractivity contribution >= 4 is 21.6 Å². The molecule has 0 aliphatic heterocycles. The number of hydrogen-bond acceptors (Lipinski definition) is 2. The third-order valence-corrected chi connectivity index (χ3v) is 3.50. The predicted octanol–water partition coefficient (Wildman–Crippen LogP) is 3.68. The number of rotatable bonds is 4. The maximum atomic E-state index is 12.9. The summed E-state index contributed by atoms with van der Waals surface area (Å²) in [5.41, 5.74) is 9.01. The van der Waals surface area contributed by atoms with E-state index >= 15 is 0 Å². The molecule has 4 heteroatoms. The average Bonchev–Trinajstić information content (AvgIpc) is 2.41. The highest BCUT2D eigenvalue weighted by molar-refractivity contribution is 9.10. The summed E-state index contributed by atoms with van der Waals surface area (Å²) in [4.78, 5) is 2.11. The average molecular weight is 323 g/mol. The molecule has 2 rings (SSSR count). The van der Waals surface area contributed by atoms with Crippen LogP contribution in [0.25, 0.3) is 0 Å². The van der Waals surface area contributed by atoms with Crippen molar-refractivity contribution in [3.8, 4) is 0 Å². The van der Waals surface area contributed by atoms with E-state index in [1.807, 2.05) is 25.2 Å². The molecule has 0 spiro atoms. The van der Waals surface area contributed by atoms with Crippen LogP contribution in [0.15, 0.2) is 46.9 Å². The van der Waals surface area contributed by atoms with E-state index in [0.717, 1.165) is 27.8 Å². The number of hydrogen-bond donors (Lipinski definition) is 1. The van der Waals surface area contributed by atoms with E-state index in [9.17, 15) is 4.39 Å². The molecule has 0 bridgehead atoms. The molecule has 0 unspecified atom stereocenters. The lowest BCUT2D eigenvalue weighted by molar-refractivity contribution is 0.627. The van der Waals surface area contributed by atoms with Crippen LogP contribution in [0.2, 0.25) is 0 Å². The van der Waals surface area contributed by atoms with Crippen LogP contribution in [-0.2, 0) is 13.1 Å². The van der Waals surface area contributed by atoms with E-state index in [0.29, 0.717) is 6.54 Å². The third kappa shape index (κ3) is 3.55. The van der Waals surface area contributed by atoms with Gasteiger partial charge >= 0.3 is 0 Å². The Kier molecular flexibility index (Phi) is 4.56. The SMILES string of the molecule is CN(Cc1ccc(F)cc1)c1ccc(Br)cc1CN. The zero-order valence-electron chi connectivity index (χ0n) is 10.7. The number of halogens is 2. The van der Waals surface area contributed by atoms with Crippen molar-refractivity contribution in [2.45, 2.75) is 13.1 Å². The minimum Gasteiger partial charge on any atom is -0.370 e. The second-order valence-electron chi connectivity index (χ2n) is 4.46. The van der Waals surface area contributed by atoms with Crippen molar-refractivity contribution < 1.29 is 4.39 Å². The van der Waals surface area contributed by atoms with Crippen molar-refractivity contribution in [1.29, 1.82) is 0 Å². The van der Waals surface area contributed by atoms with Crippen LogP contribution in [0.5, 0.6) is 0 Å². The largest absolute Gasteiger partial charge is 0.370 e. The summed E-state index contributed by atoms with van der Waals surface area (Å²) < 4.78 is 13.9. The lowest BCUT2D eigenvalue weighted by Crippen LogP contribution is -2.18. The molecule has 2 aromatic rings. The van der Waals surface area contributed by atoms with Gasteiger partial charge in [-0.15, -0.1) is 0 Å². The highest BCUT2D eigenvalue weighted by atomic mass is 79.9. The molecule has 2 aromatic carbocycles. The van der Waals surface area contributed by atoms with Gasteiger partial charge in [-0.25, -0.2) is 4.39 Å². The van der Waals surface area contributed by atoms with Gasteiger partial charge in [0.25, 0.3) is 0 Å². The third-order valence-electron chi connectivity index (χ3n) is 3.01. The van der Waals surface area contributed by atoms with Crippen molar-refractivity contribution in [2.75, 3.05) is 11.9 Å². The summed E-state index contributed by atoms with van der Waals surface area (Å²) in [5, 5.41) is 0. The van der Waals surface area contributed by atoms with E-state index < -0.39 is 0 Å². The maximum absolute atomic E-state index is 12.9. The Balaban J connectivity index is 2.19. The molecule has 0 radical (unpaired) electrons. The summed E-state index contributed by atoms with van der Waals surface area (Å²) in [6.45, 7) is 1.21. The molecule has 19 heavy (non-hydrogen) atoms. The number of benzene rings is 2. The van der Waals surface area contributed by atoms with Gasteiger partial charge in [-0.1, -0.05) is 28.1 Å². The molecule has 0 saturated carbocycles. The number of anilines is 1. The molecule has 0 aliphatic rings. The zero-order chi connectivity index (χ0) is 13.8. The van der Waals surface area contributed by atoms with Gasteiger partial charge in [0.05, 0.1) is 0 Å². The Morgan fingerprint density at radius 3 is 2.47 bits per heavy atom. The van der Waals surface area contributed by atoms with Crippen LogP contribution >= 0.6 is 15.9 Å². The topological polar surface area (TPSA) is 29.3 Å². The Morgan fingerprint density at radius 2 is 1.84 bits per heavy atom. The van der Waals surface area contributed by atoms with E-state index in [-0.39, 0.29) is 5.82 Å². The van der Waals surface area contributed by atoms with E-state index in [1.165, 1.54) is 12.1 Å². The fraction of sp³-hybridized carbons (Fsp3) is 0.200. The minimum atomic E-state index is -0.210. The van der Waals surface area contributed by atoms with Gasteiger partial charge in [-0.3, -0.25) is 0 Å². The first-order valence-electron chi connectivity index (χ1n) is 6.04. The number of nitrogens with two attached hydrogens (primary N) is 1. The molecule has 0 amide bonds. The summed E-state index contributed by atoms with van der Waals surface area (Å²) in [6.07, 6.45) is 0. The highest BCUT2D eigenvalue weighted by Gasteiger charge is 2.07. The first-order valence-corrected chi connectivity index (χ1v) is 6.83. The second-order valence-corrected chi connectivity index (χ2v) is 5.38. The fourth-order valence-corrected chi connectivity index (χ4v) is 2.45. The van der Waals surface area contributed by atoms with Gasteiger partial charge in [0.15, 0.2) is 0 Å². The molecule has 0 aliphatic carbocycles. The smallest absolute Gasteiger partial charge is 0.123 e. The Hall–Kier alpha value is -1.39. The lowest BCUT2D eigenvalue weighted by Gasteiger charge is -2.22. The van der Waals surface area contributed by atoms with E-state index in [1.54, 1.807) is 12.1 Å². The molecule has 100 valence electrons. The predicted molar refractivity (Wildman–Crippen MR) is 80.5 cm³/mol. The number of nitrogens with zero attached hydrogens (tertiary/aromatic N) is 1. The van der Waals surface area contributed by atoms with Crippen LogP contribution in [0.1, 0.15) is 11.1 Å². The highest BCUT2D eigenvalue weighted by Crippen LogP contribution is 2.24. The summed E-state index contributed by atoms with van der Waals surface area (Å²) >= 11 is 3.45. The standard InChI is InChI=1S/C15H16BrFN2/c1-19(10-11-2-5-14(17)6-3-11)15-7-4-13(16)8-12(15)9-18/h2-8H,9-10,18H2,1H3. The molecule has 0 fully saturated rings. The van der Waals surface area contributed by atoms with E-state index in [2.05, 4.69) is 20.8 Å². The minimum absolute atomic E-state index is 0.210. The molecule has 0 atom stereocenters. The second kappa shape index (κ2) is 6.17. The van der Waals surface area contributed by atoms with Gasteiger partial charge in [-0.05, 0) is 41.5 Å². The zero-order valence-corrected chi connectivity index (χ0v) is 12.3. The molecular formula is C15H16BrFN2. The molecule has 0 heterocycles. The summed E-state index contributed by atoms with van der Waals surface area (Å²) in [5.74, 6) is -0.210. The molecule has 0 saturated heterocycles. The van der Waals surface area contributed by atoms with Gasteiger partial charge in [0.2, 0.25) is 0 Å². The van der Waals surface area contributed by atoms with Gasteiger partial charge in [0, 0.05) is 30.3 Å². The molecule has 2 nitrogen and oxygen atoms in total. The summed E-state index contributed by atoms with van der Waals surface area (Å²) in [7, 11) is 2.01. The molecule has 2 N–H and O–H groups in total. The molecular weight excluding hydrogens is 307 g/mol.